The maximum absolute atomic E-state index is 11.0. The van der Waals surface area contributed by atoms with E-state index in [0.717, 1.165) is 0 Å². The molecule has 0 spiro atoms. The number of ether oxygens (including phenoxy) is 1. The van der Waals surface area contributed by atoms with Crippen molar-refractivity contribution in [1.82, 2.24) is 0 Å². The summed E-state index contributed by atoms with van der Waals surface area (Å²) in [5.74, 6) is -0.784. The zero-order chi connectivity index (χ0) is 10.5. The molecule has 0 aliphatic heterocycles. The number of esters is 1. The molecule has 0 saturated heterocycles. The summed E-state index contributed by atoms with van der Waals surface area (Å²) in [6.45, 7) is 3.04. The summed E-state index contributed by atoms with van der Waals surface area (Å²) in [7, 11) is -2.41. The van der Waals surface area contributed by atoms with Gasteiger partial charge < -0.3 is 4.74 Å². The highest BCUT2D eigenvalue weighted by Gasteiger charge is 2.21. The van der Waals surface area contributed by atoms with E-state index in [4.69, 9.17) is 0 Å². The van der Waals surface area contributed by atoms with Gasteiger partial charge in [0.2, 0.25) is 0 Å². The Hall–Kier alpha value is -0.620. The van der Waals surface area contributed by atoms with Gasteiger partial charge in [0.05, 0.1) is 12.9 Å². The zero-order valence-electron chi connectivity index (χ0n) is 7.94. The van der Waals surface area contributed by atoms with Crippen molar-refractivity contribution in [3.63, 3.8) is 0 Å². The fourth-order valence-corrected chi connectivity index (χ4v) is 1.84. The largest absolute Gasteiger partial charge is 0.467 e. The van der Waals surface area contributed by atoms with Crippen LogP contribution in [0.25, 0.3) is 0 Å². The Balaban J connectivity index is 4.20. The van der Waals surface area contributed by atoms with E-state index in [1.165, 1.54) is 14.0 Å². The Kier molecular flexibility index (Phi) is 4.94. The number of carbonyl (C=O) groups excluding carboxylic acids is 1. The third kappa shape index (κ3) is 4.84. The predicted octanol–water partition coefficient (Wildman–Crippen LogP) is 0.304. The number of rotatable bonds is 5. The molecule has 6 heteroatoms. The van der Waals surface area contributed by atoms with Crippen molar-refractivity contribution in [3.8, 4) is 0 Å². The number of hydrogen-bond acceptors (Lipinski definition) is 5. The van der Waals surface area contributed by atoms with Crippen LogP contribution in [-0.2, 0) is 23.8 Å². The van der Waals surface area contributed by atoms with Gasteiger partial charge in [0.15, 0.2) is 6.10 Å². The van der Waals surface area contributed by atoms with Gasteiger partial charge in [-0.05, 0) is 13.3 Å². The van der Waals surface area contributed by atoms with Gasteiger partial charge in [-0.1, -0.05) is 6.92 Å². The average Bonchev–Trinajstić information content (AvgIpc) is 2.01. The number of hydrogen-bond donors (Lipinski definition) is 0. The van der Waals surface area contributed by atoms with E-state index >= 15 is 0 Å². The summed E-state index contributed by atoms with van der Waals surface area (Å²) in [6, 6.07) is 0. The fraction of sp³-hybridized carbons (Fsp3) is 0.857. The highest BCUT2D eigenvalue weighted by atomic mass is 32.2. The predicted molar refractivity (Wildman–Crippen MR) is 46.6 cm³/mol. The van der Waals surface area contributed by atoms with Crippen LogP contribution >= 0.6 is 0 Å². The summed E-state index contributed by atoms with van der Waals surface area (Å²) in [6.07, 6.45) is -0.613. The first kappa shape index (κ1) is 12.4. The van der Waals surface area contributed by atoms with Crippen LogP contribution in [0.2, 0.25) is 0 Å². The molecular formula is C7H14O5S. The van der Waals surface area contributed by atoms with Gasteiger partial charge in [0.25, 0.3) is 10.1 Å². The van der Waals surface area contributed by atoms with Crippen LogP contribution in [0.5, 0.6) is 0 Å². The van der Waals surface area contributed by atoms with E-state index in [0.29, 0.717) is 6.42 Å². The van der Waals surface area contributed by atoms with E-state index in [2.05, 4.69) is 8.92 Å². The number of methoxy groups -OCH3 is 1. The van der Waals surface area contributed by atoms with Crippen LogP contribution in [0.15, 0.2) is 0 Å². The first-order chi connectivity index (χ1) is 5.93. The summed E-state index contributed by atoms with van der Waals surface area (Å²) < 4.78 is 30.9. The van der Waals surface area contributed by atoms with E-state index in [-0.39, 0.29) is 5.75 Å². The lowest BCUT2D eigenvalue weighted by Gasteiger charge is -2.09. The van der Waals surface area contributed by atoms with Crippen LogP contribution in [-0.4, -0.2) is 33.4 Å². The molecule has 0 rings (SSSR count). The molecule has 0 bridgehead atoms. The molecule has 0 aromatic rings. The van der Waals surface area contributed by atoms with E-state index < -0.39 is 22.2 Å². The summed E-state index contributed by atoms with van der Waals surface area (Å²) >= 11 is 0. The average molecular weight is 210 g/mol. The monoisotopic (exact) mass is 210 g/mol. The first-order valence-electron chi connectivity index (χ1n) is 3.91. The molecular weight excluding hydrogens is 196 g/mol. The minimum absolute atomic E-state index is 0.0890. The second kappa shape index (κ2) is 5.18. The molecule has 0 aromatic carbocycles. The van der Waals surface area contributed by atoms with Crippen molar-refractivity contribution >= 4 is 16.1 Å². The van der Waals surface area contributed by atoms with Crippen LogP contribution in [0.3, 0.4) is 0 Å². The Bertz CT molecular complexity index is 256. The molecule has 78 valence electrons. The molecule has 1 unspecified atom stereocenters. The molecule has 0 amide bonds. The van der Waals surface area contributed by atoms with E-state index in [1.807, 2.05) is 0 Å². The van der Waals surface area contributed by atoms with Gasteiger partial charge in [-0.15, -0.1) is 0 Å². The third-order valence-electron chi connectivity index (χ3n) is 1.28. The summed E-state index contributed by atoms with van der Waals surface area (Å²) in [5.41, 5.74) is 0. The van der Waals surface area contributed by atoms with Gasteiger partial charge in [-0.2, -0.15) is 8.42 Å². The smallest absolute Gasteiger partial charge is 0.336 e. The van der Waals surface area contributed by atoms with Gasteiger partial charge in [-0.25, -0.2) is 4.79 Å². The lowest BCUT2D eigenvalue weighted by molar-refractivity contribution is -0.147. The normalized spacial score (nSPS) is 13.8. The van der Waals surface area contributed by atoms with Gasteiger partial charge >= 0.3 is 5.97 Å². The highest BCUT2D eigenvalue weighted by molar-refractivity contribution is 7.86. The van der Waals surface area contributed by atoms with E-state index in [1.54, 1.807) is 6.92 Å². The van der Waals surface area contributed by atoms with Gasteiger partial charge in [0.1, 0.15) is 0 Å². The lowest BCUT2D eigenvalue weighted by Crippen LogP contribution is -2.26. The van der Waals surface area contributed by atoms with Crippen molar-refractivity contribution in [1.29, 1.82) is 0 Å². The van der Waals surface area contributed by atoms with Crippen molar-refractivity contribution < 1.29 is 22.1 Å². The quantitative estimate of drug-likeness (QED) is 0.482. The second-order valence-electron chi connectivity index (χ2n) is 2.52. The van der Waals surface area contributed by atoms with Crippen molar-refractivity contribution in [2.45, 2.75) is 26.4 Å². The van der Waals surface area contributed by atoms with E-state index in [9.17, 15) is 13.2 Å². The molecule has 0 aromatic heterocycles. The summed E-state index contributed by atoms with van der Waals surface area (Å²) in [5, 5.41) is 0. The Morgan fingerprint density at radius 3 is 2.38 bits per heavy atom. The summed E-state index contributed by atoms with van der Waals surface area (Å²) in [4.78, 5) is 10.8. The molecule has 0 fully saturated rings. The van der Waals surface area contributed by atoms with Gasteiger partial charge in [0, 0.05) is 0 Å². The van der Waals surface area contributed by atoms with Crippen LogP contribution < -0.4 is 0 Å². The third-order valence-corrected chi connectivity index (χ3v) is 2.77. The second-order valence-corrected chi connectivity index (χ2v) is 4.24. The molecule has 0 saturated carbocycles. The Morgan fingerprint density at radius 2 is 2.00 bits per heavy atom. The first-order valence-corrected chi connectivity index (χ1v) is 5.49. The van der Waals surface area contributed by atoms with Gasteiger partial charge in [-0.3, -0.25) is 4.18 Å². The van der Waals surface area contributed by atoms with Crippen LogP contribution in [0, 0.1) is 0 Å². The SMILES string of the molecule is CCCS(=O)(=O)OC(C)C(=O)OC. The maximum Gasteiger partial charge on any atom is 0.336 e. The van der Waals surface area contributed by atoms with Crippen LogP contribution in [0.4, 0.5) is 0 Å². The topological polar surface area (TPSA) is 69.7 Å². The maximum atomic E-state index is 11.0. The zero-order valence-corrected chi connectivity index (χ0v) is 8.76. The lowest BCUT2D eigenvalue weighted by atomic mass is 10.4. The molecule has 13 heavy (non-hydrogen) atoms. The molecule has 0 N–H and O–H groups in total. The molecule has 0 aliphatic carbocycles. The van der Waals surface area contributed by atoms with Crippen molar-refractivity contribution in [3.05, 3.63) is 0 Å². The highest BCUT2D eigenvalue weighted by Crippen LogP contribution is 2.03. The minimum atomic E-state index is -3.59. The fourth-order valence-electron chi connectivity index (χ4n) is 0.723. The Morgan fingerprint density at radius 1 is 1.46 bits per heavy atom. The minimum Gasteiger partial charge on any atom is -0.467 e. The molecule has 0 heterocycles. The van der Waals surface area contributed by atoms with Crippen molar-refractivity contribution in [2.24, 2.45) is 0 Å². The molecule has 5 nitrogen and oxygen atoms in total. The molecule has 1 atom stereocenters. The number of carbonyl (C=O) groups is 1. The molecule has 0 aliphatic rings. The van der Waals surface area contributed by atoms with Crippen molar-refractivity contribution in [2.75, 3.05) is 12.9 Å². The van der Waals surface area contributed by atoms with Crippen LogP contribution in [0.1, 0.15) is 20.3 Å². The Labute approximate surface area is 78.2 Å². The standard InChI is InChI=1S/C7H14O5S/c1-4-5-13(9,10)12-6(2)7(8)11-3/h6H,4-5H2,1-3H3. The molecule has 0 radical (unpaired) electrons.